The van der Waals surface area contributed by atoms with Crippen LogP contribution in [0.3, 0.4) is 0 Å². The number of methoxy groups -OCH3 is 1. The van der Waals surface area contributed by atoms with Gasteiger partial charge in [0.05, 0.1) is 7.11 Å². The number of esters is 1. The highest BCUT2D eigenvalue weighted by atomic mass is 32.2. The van der Waals surface area contributed by atoms with E-state index in [0.29, 0.717) is 5.92 Å². The fraction of sp³-hybridized carbons (Fsp3) is 0.562. The van der Waals surface area contributed by atoms with Crippen LogP contribution >= 0.6 is 11.8 Å². The SMILES string of the molecule is COC(=O)[C@]12CSC[C@H]1C[C@H](c1ccc(N(C)C)cc1)N2. The van der Waals surface area contributed by atoms with Crippen molar-refractivity contribution in [2.45, 2.75) is 18.0 Å². The highest BCUT2D eigenvalue weighted by Gasteiger charge is 2.56. The van der Waals surface area contributed by atoms with E-state index in [1.54, 1.807) is 0 Å². The maximum atomic E-state index is 12.2. The quantitative estimate of drug-likeness (QED) is 0.866. The Morgan fingerprint density at radius 1 is 1.38 bits per heavy atom. The normalized spacial score (nSPS) is 31.0. The molecular formula is C16H22N2O2S. The molecule has 21 heavy (non-hydrogen) atoms. The van der Waals surface area contributed by atoms with Gasteiger partial charge in [0.2, 0.25) is 0 Å². The van der Waals surface area contributed by atoms with Crippen LogP contribution in [0.2, 0.25) is 0 Å². The number of nitrogens with zero attached hydrogens (tertiary/aromatic N) is 1. The molecule has 0 unspecified atom stereocenters. The summed E-state index contributed by atoms with van der Waals surface area (Å²) in [5, 5.41) is 3.57. The molecule has 2 fully saturated rings. The first-order valence-electron chi connectivity index (χ1n) is 7.28. The molecule has 0 aliphatic carbocycles. The van der Waals surface area contributed by atoms with Crippen molar-refractivity contribution in [2.75, 3.05) is 37.6 Å². The zero-order valence-corrected chi connectivity index (χ0v) is 13.6. The van der Waals surface area contributed by atoms with Crippen molar-refractivity contribution in [3.05, 3.63) is 29.8 Å². The Morgan fingerprint density at radius 2 is 2.10 bits per heavy atom. The van der Waals surface area contributed by atoms with Gasteiger partial charge in [-0.3, -0.25) is 10.1 Å². The summed E-state index contributed by atoms with van der Waals surface area (Å²) in [5.74, 6) is 2.11. The predicted octanol–water partition coefficient (Wildman–Crippen LogP) is 2.06. The molecule has 0 bridgehead atoms. The zero-order chi connectivity index (χ0) is 15.0. The first-order valence-corrected chi connectivity index (χ1v) is 8.43. The number of thioether (sulfide) groups is 1. The molecule has 5 heteroatoms. The van der Waals surface area contributed by atoms with Crippen molar-refractivity contribution >= 4 is 23.4 Å². The van der Waals surface area contributed by atoms with E-state index in [9.17, 15) is 4.79 Å². The van der Waals surface area contributed by atoms with Crippen molar-refractivity contribution in [1.29, 1.82) is 0 Å². The topological polar surface area (TPSA) is 41.6 Å². The van der Waals surface area contributed by atoms with Crippen LogP contribution in [0.5, 0.6) is 0 Å². The molecule has 0 radical (unpaired) electrons. The highest BCUT2D eigenvalue weighted by Crippen LogP contribution is 2.46. The summed E-state index contributed by atoms with van der Waals surface area (Å²) in [5.41, 5.74) is 1.96. The van der Waals surface area contributed by atoms with Gasteiger partial charge in [0, 0.05) is 31.6 Å². The number of carbonyl (C=O) groups is 1. The van der Waals surface area contributed by atoms with Crippen LogP contribution in [-0.4, -0.2) is 44.2 Å². The number of anilines is 1. The molecule has 2 saturated heterocycles. The Bertz CT molecular complexity index is 532. The van der Waals surface area contributed by atoms with Gasteiger partial charge >= 0.3 is 5.97 Å². The Hall–Kier alpha value is -1.20. The molecule has 0 spiro atoms. The Labute approximate surface area is 130 Å². The van der Waals surface area contributed by atoms with E-state index in [-0.39, 0.29) is 12.0 Å². The third kappa shape index (κ3) is 2.42. The maximum Gasteiger partial charge on any atom is 0.327 e. The fourth-order valence-corrected chi connectivity index (χ4v) is 4.98. The van der Waals surface area contributed by atoms with Gasteiger partial charge in [0.1, 0.15) is 5.54 Å². The molecule has 2 heterocycles. The van der Waals surface area contributed by atoms with Crippen LogP contribution in [-0.2, 0) is 9.53 Å². The van der Waals surface area contributed by atoms with Crippen molar-refractivity contribution in [2.24, 2.45) is 5.92 Å². The van der Waals surface area contributed by atoms with Gasteiger partial charge < -0.3 is 9.64 Å². The van der Waals surface area contributed by atoms with Crippen molar-refractivity contribution in [1.82, 2.24) is 5.32 Å². The van der Waals surface area contributed by atoms with E-state index >= 15 is 0 Å². The minimum Gasteiger partial charge on any atom is -0.468 e. The van der Waals surface area contributed by atoms with Crippen LogP contribution in [0.4, 0.5) is 5.69 Å². The van der Waals surface area contributed by atoms with E-state index in [2.05, 4.69) is 34.5 Å². The number of fused-ring (bicyclic) bond motifs is 1. The summed E-state index contributed by atoms with van der Waals surface area (Å²) in [6.45, 7) is 0. The van der Waals surface area contributed by atoms with Gasteiger partial charge in [0.25, 0.3) is 0 Å². The minimum absolute atomic E-state index is 0.107. The molecule has 3 rings (SSSR count). The lowest BCUT2D eigenvalue weighted by Gasteiger charge is -2.26. The van der Waals surface area contributed by atoms with Crippen LogP contribution in [0, 0.1) is 5.92 Å². The van der Waals surface area contributed by atoms with E-state index in [1.165, 1.54) is 18.4 Å². The molecule has 2 aliphatic rings. The molecule has 1 aromatic carbocycles. The molecule has 0 aromatic heterocycles. The van der Waals surface area contributed by atoms with Gasteiger partial charge in [-0.1, -0.05) is 12.1 Å². The standard InChI is InChI=1S/C16H22N2O2S/c1-18(2)13-6-4-11(5-7-13)14-8-12-9-21-10-16(12,17-14)15(19)20-3/h4-7,12,14,17H,8-10H2,1-3H3/t12-,14-,16+/m1/s1. The molecule has 114 valence electrons. The lowest BCUT2D eigenvalue weighted by molar-refractivity contribution is -0.148. The lowest BCUT2D eigenvalue weighted by atomic mass is 9.88. The Morgan fingerprint density at radius 3 is 2.71 bits per heavy atom. The summed E-state index contributed by atoms with van der Waals surface area (Å²) < 4.78 is 5.05. The van der Waals surface area contributed by atoms with E-state index in [0.717, 1.165) is 17.9 Å². The van der Waals surface area contributed by atoms with Crippen molar-refractivity contribution < 1.29 is 9.53 Å². The lowest BCUT2D eigenvalue weighted by Crippen LogP contribution is -2.53. The molecular weight excluding hydrogens is 284 g/mol. The summed E-state index contributed by atoms with van der Waals surface area (Å²) in [7, 11) is 5.56. The molecule has 0 saturated carbocycles. The van der Waals surface area contributed by atoms with Gasteiger partial charge in [-0.15, -0.1) is 0 Å². The average Bonchev–Trinajstić information content (AvgIpc) is 3.04. The largest absolute Gasteiger partial charge is 0.468 e. The summed E-state index contributed by atoms with van der Waals surface area (Å²) in [6.07, 6.45) is 1.00. The fourth-order valence-electron chi connectivity index (χ4n) is 3.40. The number of hydrogen-bond acceptors (Lipinski definition) is 5. The number of carbonyl (C=O) groups excluding carboxylic acids is 1. The van der Waals surface area contributed by atoms with Gasteiger partial charge in [-0.05, 0) is 35.8 Å². The number of benzene rings is 1. The van der Waals surface area contributed by atoms with Gasteiger partial charge in [-0.2, -0.15) is 11.8 Å². The number of hydrogen-bond donors (Lipinski definition) is 1. The number of rotatable bonds is 3. The maximum absolute atomic E-state index is 12.2. The summed E-state index contributed by atoms with van der Waals surface area (Å²) >= 11 is 1.84. The van der Waals surface area contributed by atoms with Gasteiger partial charge in [0.15, 0.2) is 0 Å². The molecule has 3 atom stereocenters. The number of ether oxygens (including phenoxy) is 1. The van der Waals surface area contributed by atoms with Crippen LogP contribution in [0.25, 0.3) is 0 Å². The van der Waals surface area contributed by atoms with Gasteiger partial charge in [-0.25, -0.2) is 0 Å². The zero-order valence-electron chi connectivity index (χ0n) is 12.8. The highest BCUT2D eigenvalue weighted by molar-refractivity contribution is 7.99. The first kappa shape index (κ1) is 14.7. The monoisotopic (exact) mass is 306 g/mol. The predicted molar refractivity (Wildman–Crippen MR) is 86.8 cm³/mol. The Balaban J connectivity index is 1.81. The van der Waals surface area contributed by atoms with E-state index in [1.807, 2.05) is 25.9 Å². The molecule has 0 amide bonds. The van der Waals surface area contributed by atoms with E-state index < -0.39 is 5.54 Å². The average molecular weight is 306 g/mol. The van der Waals surface area contributed by atoms with Crippen LogP contribution < -0.4 is 10.2 Å². The van der Waals surface area contributed by atoms with E-state index in [4.69, 9.17) is 4.74 Å². The first-order chi connectivity index (χ1) is 10.1. The second-order valence-corrected chi connectivity index (χ2v) is 7.12. The second kappa shape index (κ2) is 5.54. The molecule has 4 nitrogen and oxygen atoms in total. The second-order valence-electron chi connectivity index (χ2n) is 6.09. The molecule has 1 aromatic rings. The van der Waals surface area contributed by atoms with Crippen molar-refractivity contribution in [3.8, 4) is 0 Å². The van der Waals surface area contributed by atoms with Crippen molar-refractivity contribution in [3.63, 3.8) is 0 Å². The molecule has 1 N–H and O–H groups in total. The number of nitrogens with one attached hydrogen (secondary N) is 1. The minimum atomic E-state index is -0.482. The summed E-state index contributed by atoms with van der Waals surface area (Å²) in [6, 6.07) is 8.82. The smallest absolute Gasteiger partial charge is 0.327 e. The third-order valence-electron chi connectivity index (χ3n) is 4.66. The Kier molecular flexibility index (Phi) is 3.88. The third-order valence-corrected chi connectivity index (χ3v) is 5.96. The van der Waals surface area contributed by atoms with Crippen LogP contribution in [0.1, 0.15) is 18.0 Å². The van der Waals surface area contributed by atoms with Crippen LogP contribution in [0.15, 0.2) is 24.3 Å². The molecule has 2 aliphatic heterocycles. The summed E-state index contributed by atoms with van der Waals surface area (Å²) in [4.78, 5) is 14.3.